The van der Waals surface area contributed by atoms with Gasteiger partial charge in [0, 0.05) is 38.0 Å². The zero-order valence-electron chi connectivity index (χ0n) is 18.7. The lowest BCUT2D eigenvalue weighted by Crippen LogP contribution is -2.27. The molecule has 34 heavy (non-hydrogen) atoms. The average Bonchev–Trinajstić information content (AvgIpc) is 3.29. The third-order valence-electron chi connectivity index (χ3n) is 5.28. The molecule has 0 aliphatic heterocycles. The van der Waals surface area contributed by atoms with Gasteiger partial charge >= 0.3 is 6.18 Å². The third kappa shape index (κ3) is 4.30. The summed E-state index contributed by atoms with van der Waals surface area (Å²) in [7, 11) is 4.75. The number of amides is 1. The highest BCUT2D eigenvalue weighted by Gasteiger charge is 2.37. The van der Waals surface area contributed by atoms with E-state index in [4.69, 9.17) is 16.3 Å². The lowest BCUT2D eigenvalue weighted by Gasteiger charge is -2.15. The molecule has 3 heterocycles. The van der Waals surface area contributed by atoms with Crippen LogP contribution in [-0.4, -0.2) is 49.3 Å². The minimum Gasteiger partial charge on any atom is -0.497 e. The number of nitrogens with zero attached hydrogens (tertiary/aromatic N) is 6. The van der Waals surface area contributed by atoms with Crippen LogP contribution in [0.1, 0.15) is 27.4 Å². The highest BCUT2D eigenvalue weighted by molar-refractivity contribution is 6.36. The van der Waals surface area contributed by atoms with Crippen molar-refractivity contribution in [3.63, 3.8) is 0 Å². The first-order valence-electron chi connectivity index (χ1n) is 10.0. The molecular weight excluding hydrogens is 473 g/mol. The van der Waals surface area contributed by atoms with Gasteiger partial charge < -0.3 is 9.64 Å². The zero-order chi connectivity index (χ0) is 24.8. The number of alkyl halides is 3. The van der Waals surface area contributed by atoms with E-state index in [-0.39, 0.29) is 28.6 Å². The van der Waals surface area contributed by atoms with Crippen LogP contribution >= 0.6 is 11.6 Å². The minimum atomic E-state index is -4.77. The molecule has 3 aromatic heterocycles. The smallest absolute Gasteiger partial charge is 0.433 e. The summed E-state index contributed by atoms with van der Waals surface area (Å²) in [5.74, 6) is -0.0964. The Hall–Kier alpha value is -3.60. The van der Waals surface area contributed by atoms with Crippen molar-refractivity contribution < 1.29 is 22.7 Å². The molecule has 0 N–H and O–H groups in total. The van der Waals surface area contributed by atoms with E-state index in [0.717, 1.165) is 17.3 Å². The first-order valence-corrected chi connectivity index (χ1v) is 10.4. The Morgan fingerprint density at radius 2 is 1.88 bits per heavy atom. The first kappa shape index (κ1) is 23.6. The number of rotatable bonds is 5. The second-order valence-corrected chi connectivity index (χ2v) is 8.10. The summed E-state index contributed by atoms with van der Waals surface area (Å²) in [6, 6.07) is 7.25. The maximum atomic E-state index is 13.9. The standard InChI is InChI=1S/C22H20ClF3N6O2/c1-12-14(11-31(3)28-12)10-30(2)21(33)19-18(23)20-27-16(13-5-7-15(34-4)8-6-13)9-17(22(24,25)26)32(20)29-19/h5-9,11H,10H2,1-4H3. The second kappa shape index (κ2) is 8.64. The molecule has 0 atom stereocenters. The van der Waals surface area contributed by atoms with Crippen molar-refractivity contribution in [2.45, 2.75) is 19.6 Å². The van der Waals surface area contributed by atoms with Crippen molar-refractivity contribution in [1.82, 2.24) is 29.3 Å². The molecule has 1 aromatic carbocycles. The molecule has 0 aliphatic carbocycles. The SMILES string of the molecule is COc1ccc(-c2cc(C(F)(F)F)n3nc(C(=O)N(C)Cc4cn(C)nc4C)c(Cl)c3n2)cc1. The Morgan fingerprint density at radius 3 is 2.44 bits per heavy atom. The summed E-state index contributed by atoms with van der Waals surface area (Å²) in [6.45, 7) is 1.98. The molecule has 0 radical (unpaired) electrons. The lowest BCUT2D eigenvalue weighted by atomic mass is 10.1. The average molecular weight is 493 g/mol. The highest BCUT2D eigenvalue weighted by Crippen LogP contribution is 2.35. The van der Waals surface area contributed by atoms with Crippen molar-refractivity contribution in [3.05, 3.63) is 64.2 Å². The summed E-state index contributed by atoms with van der Waals surface area (Å²) in [5, 5.41) is 7.86. The predicted octanol–water partition coefficient (Wildman–Crippen LogP) is 4.39. The van der Waals surface area contributed by atoms with Crippen molar-refractivity contribution in [2.24, 2.45) is 7.05 Å². The maximum absolute atomic E-state index is 13.9. The van der Waals surface area contributed by atoms with E-state index in [9.17, 15) is 18.0 Å². The Morgan fingerprint density at radius 1 is 1.21 bits per heavy atom. The van der Waals surface area contributed by atoms with Crippen LogP contribution in [0.5, 0.6) is 5.75 Å². The number of hydrogen-bond donors (Lipinski definition) is 0. The Labute approximate surface area is 197 Å². The number of halogens is 4. The summed E-state index contributed by atoms with van der Waals surface area (Å²) < 4.78 is 49.0. The molecule has 0 bridgehead atoms. The van der Waals surface area contributed by atoms with Gasteiger partial charge in [0.05, 0.1) is 18.5 Å². The van der Waals surface area contributed by atoms with Gasteiger partial charge in [0.15, 0.2) is 17.0 Å². The summed E-state index contributed by atoms with van der Waals surface area (Å²) in [5.41, 5.74) is 0.274. The fraction of sp³-hybridized carbons (Fsp3) is 0.273. The van der Waals surface area contributed by atoms with E-state index in [0.29, 0.717) is 15.8 Å². The van der Waals surface area contributed by atoms with E-state index in [1.54, 1.807) is 49.1 Å². The summed E-state index contributed by atoms with van der Waals surface area (Å²) in [6.07, 6.45) is -3.01. The fourth-order valence-electron chi connectivity index (χ4n) is 3.55. The number of carbonyl (C=O) groups is 1. The number of methoxy groups -OCH3 is 1. The molecule has 4 rings (SSSR count). The van der Waals surface area contributed by atoms with E-state index < -0.39 is 17.8 Å². The van der Waals surface area contributed by atoms with Crippen LogP contribution in [-0.2, 0) is 19.8 Å². The van der Waals surface area contributed by atoms with Crippen LogP contribution < -0.4 is 4.74 Å². The van der Waals surface area contributed by atoms with Crippen molar-refractivity contribution in [2.75, 3.05) is 14.2 Å². The quantitative estimate of drug-likeness (QED) is 0.413. The van der Waals surface area contributed by atoms with Crippen LogP contribution in [0.15, 0.2) is 36.5 Å². The second-order valence-electron chi connectivity index (χ2n) is 7.73. The Bertz CT molecular complexity index is 1380. The van der Waals surface area contributed by atoms with Crippen LogP contribution in [0.4, 0.5) is 13.2 Å². The van der Waals surface area contributed by atoms with Crippen molar-refractivity contribution >= 4 is 23.2 Å². The molecule has 1 amide bonds. The van der Waals surface area contributed by atoms with Crippen LogP contribution in [0, 0.1) is 6.92 Å². The first-order chi connectivity index (χ1) is 16.0. The monoisotopic (exact) mass is 492 g/mol. The largest absolute Gasteiger partial charge is 0.497 e. The molecule has 0 saturated heterocycles. The van der Waals surface area contributed by atoms with Gasteiger partial charge in [-0.1, -0.05) is 11.6 Å². The Kier molecular flexibility index (Phi) is 5.98. The van der Waals surface area contributed by atoms with E-state index in [1.807, 2.05) is 0 Å². The van der Waals surface area contributed by atoms with Crippen LogP contribution in [0.3, 0.4) is 0 Å². The molecule has 0 aliphatic rings. The number of aryl methyl sites for hydroxylation is 2. The lowest BCUT2D eigenvalue weighted by molar-refractivity contribution is -0.142. The number of hydrogen-bond acceptors (Lipinski definition) is 5. The van der Waals surface area contributed by atoms with Gasteiger partial charge in [-0.3, -0.25) is 9.48 Å². The Balaban J connectivity index is 1.79. The van der Waals surface area contributed by atoms with Gasteiger partial charge in [-0.2, -0.15) is 23.4 Å². The molecule has 0 saturated carbocycles. The third-order valence-corrected chi connectivity index (χ3v) is 5.63. The number of benzene rings is 1. The van der Waals surface area contributed by atoms with E-state index in [2.05, 4.69) is 15.2 Å². The van der Waals surface area contributed by atoms with Gasteiger partial charge in [0.25, 0.3) is 5.91 Å². The van der Waals surface area contributed by atoms with Crippen molar-refractivity contribution in [1.29, 1.82) is 0 Å². The molecule has 8 nitrogen and oxygen atoms in total. The van der Waals surface area contributed by atoms with Crippen LogP contribution in [0.2, 0.25) is 5.02 Å². The van der Waals surface area contributed by atoms with Gasteiger partial charge in [0.2, 0.25) is 0 Å². The molecule has 0 spiro atoms. The van der Waals surface area contributed by atoms with E-state index in [1.165, 1.54) is 19.1 Å². The summed E-state index contributed by atoms with van der Waals surface area (Å²) in [4.78, 5) is 18.7. The number of aromatic nitrogens is 5. The molecule has 178 valence electrons. The van der Waals surface area contributed by atoms with Gasteiger partial charge in [0.1, 0.15) is 10.8 Å². The zero-order valence-corrected chi connectivity index (χ0v) is 19.4. The summed E-state index contributed by atoms with van der Waals surface area (Å²) >= 11 is 6.37. The molecule has 12 heteroatoms. The predicted molar refractivity (Wildman–Crippen MR) is 119 cm³/mol. The van der Waals surface area contributed by atoms with Crippen molar-refractivity contribution in [3.8, 4) is 17.0 Å². The van der Waals surface area contributed by atoms with Crippen LogP contribution in [0.25, 0.3) is 16.9 Å². The van der Waals surface area contributed by atoms with E-state index >= 15 is 0 Å². The number of carbonyl (C=O) groups excluding carboxylic acids is 1. The topological polar surface area (TPSA) is 77.5 Å². The minimum absolute atomic E-state index is 0.0302. The molecule has 0 unspecified atom stereocenters. The van der Waals surface area contributed by atoms with Gasteiger partial charge in [-0.05, 0) is 37.3 Å². The van der Waals surface area contributed by atoms with Gasteiger partial charge in [-0.25, -0.2) is 9.50 Å². The maximum Gasteiger partial charge on any atom is 0.433 e. The fourth-order valence-corrected chi connectivity index (χ4v) is 3.79. The molecular formula is C22H20ClF3N6O2. The molecule has 4 aromatic rings. The highest BCUT2D eigenvalue weighted by atomic mass is 35.5. The van der Waals surface area contributed by atoms with Gasteiger partial charge in [-0.15, -0.1) is 0 Å². The molecule has 0 fully saturated rings. The normalized spacial score (nSPS) is 11.8. The number of fused-ring (bicyclic) bond motifs is 1. The number of ether oxygens (including phenoxy) is 1.